The number of methoxy groups -OCH3 is 1. The normalized spacial score (nSPS) is 20.7. The minimum absolute atomic E-state index is 0.0806. The summed E-state index contributed by atoms with van der Waals surface area (Å²) in [7, 11) is 3.25. The van der Waals surface area contributed by atoms with Gasteiger partial charge >= 0.3 is 5.69 Å². The molecule has 0 bridgehead atoms. The Hall–Kier alpha value is -5.31. The number of ether oxygens (including phenoxy) is 1. The molecular weight excluding hydrogens is 620 g/mol. The first-order chi connectivity index (χ1) is 23.1. The highest BCUT2D eigenvalue weighted by molar-refractivity contribution is 6.23. The van der Waals surface area contributed by atoms with Gasteiger partial charge in [-0.3, -0.25) is 49.1 Å². The number of aryl methyl sites for hydroxylation is 1. The molecule has 0 spiro atoms. The first kappa shape index (κ1) is 31.3. The van der Waals surface area contributed by atoms with Crippen LogP contribution in [0.5, 0.6) is 5.75 Å². The Morgan fingerprint density at radius 3 is 2.27 bits per heavy atom. The van der Waals surface area contributed by atoms with Gasteiger partial charge in [0.15, 0.2) is 5.75 Å². The van der Waals surface area contributed by atoms with Crippen molar-refractivity contribution < 1.29 is 28.8 Å². The van der Waals surface area contributed by atoms with Crippen molar-refractivity contribution in [2.24, 2.45) is 7.05 Å². The molecule has 3 fully saturated rings. The van der Waals surface area contributed by atoms with Gasteiger partial charge in [0.1, 0.15) is 6.04 Å². The topological polar surface area (TPSA) is 163 Å². The number of benzene rings is 2. The van der Waals surface area contributed by atoms with Gasteiger partial charge in [-0.1, -0.05) is 0 Å². The fraction of sp³-hybridized carbons (Fsp3) is 0.424. The van der Waals surface area contributed by atoms with Crippen LogP contribution in [-0.2, 0) is 16.6 Å². The molecule has 4 aliphatic rings. The first-order valence-electron chi connectivity index (χ1n) is 16.1. The molecule has 4 aliphatic heterocycles. The molecule has 2 aromatic carbocycles. The van der Waals surface area contributed by atoms with Crippen LogP contribution in [0.2, 0.25) is 0 Å². The summed E-state index contributed by atoms with van der Waals surface area (Å²) in [5.74, 6) is -1.81. The van der Waals surface area contributed by atoms with Gasteiger partial charge in [-0.05, 0) is 37.5 Å². The van der Waals surface area contributed by atoms with Gasteiger partial charge in [-0.25, -0.2) is 0 Å². The predicted octanol–water partition coefficient (Wildman–Crippen LogP) is 2.20. The lowest BCUT2D eigenvalue weighted by Gasteiger charge is -2.44. The number of piperazine rings is 1. The van der Waals surface area contributed by atoms with E-state index in [0.29, 0.717) is 6.04 Å². The quantitative estimate of drug-likeness (QED) is 0.225. The molecular formula is C33H36N8O7. The van der Waals surface area contributed by atoms with E-state index >= 15 is 0 Å². The lowest BCUT2D eigenvalue weighted by atomic mass is 10.00. The molecule has 3 aromatic rings. The molecule has 1 unspecified atom stereocenters. The number of aromatic nitrogens is 2. The number of hydrogen-bond donors (Lipinski definition) is 1. The summed E-state index contributed by atoms with van der Waals surface area (Å²) in [6, 6.07) is 7.99. The number of amides is 4. The summed E-state index contributed by atoms with van der Waals surface area (Å²) in [6.07, 6.45) is 5.62. The smallest absolute Gasteiger partial charge is 0.311 e. The largest absolute Gasteiger partial charge is 0.490 e. The summed E-state index contributed by atoms with van der Waals surface area (Å²) >= 11 is 0. The van der Waals surface area contributed by atoms with E-state index in [1.807, 2.05) is 19.3 Å². The van der Waals surface area contributed by atoms with Crippen LogP contribution in [0.15, 0.2) is 42.7 Å². The van der Waals surface area contributed by atoms with Crippen molar-refractivity contribution >= 4 is 40.7 Å². The van der Waals surface area contributed by atoms with Crippen molar-refractivity contribution in [2.45, 2.75) is 37.8 Å². The van der Waals surface area contributed by atoms with Gasteiger partial charge in [-0.2, -0.15) is 5.10 Å². The van der Waals surface area contributed by atoms with Crippen LogP contribution >= 0.6 is 0 Å². The zero-order valence-corrected chi connectivity index (χ0v) is 26.8. The minimum Gasteiger partial charge on any atom is -0.490 e. The van der Waals surface area contributed by atoms with Gasteiger partial charge in [-0.15, -0.1) is 0 Å². The molecule has 3 saturated heterocycles. The number of anilines is 2. The molecule has 4 amide bonds. The maximum Gasteiger partial charge on any atom is 0.311 e. The number of nitro groups is 1. The minimum atomic E-state index is -0.987. The van der Waals surface area contributed by atoms with Crippen molar-refractivity contribution in [1.29, 1.82) is 0 Å². The zero-order chi connectivity index (χ0) is 33.7. The van der Waals surface area contributed by atoms with E-state index in [1.54, 1.807) is 35.1 Å². The molecule has 0 aliphatic carbocycles. The van der Waals surface area contributed by atoms with Crippen molar-refractivity contribution in [1.82, 2.24) is 24.9 Å². The predicted molar refractivity (Wildman–Crippen MR) is 174 cm³/mol. The Labute approximate surface area is 276 Å². The van der Waals surface area contributed by atoms with E-state index < -0.39 is 34.6 Å². The van der Waals surface area contributed by atoms with Gasteiger partial charge in [0.2, 0.25) is 11.8 Å². The summed E-state index contributed by atoms with van der Waals surface area (Å²) in [5.41, 5.74) is 3.75. The number of nitrogens with zero attached hydrogens (tertiary/aromatic N) is 7. The van der Waals surface area contributed by atoms with E-state index in [1.165, 1.54) is 7.11 Å². The second-order valence-electron chi connectivity index (χ2n) is 12.6. The zero-order valence-electron chi connectivity index (χ0n) is 26.8. The second kappa shape index (κ2) is 12.4. The van der Waals surface area contributed by atoms with Crippen LogP contribution in [0.4, 0.5) is 17.1 Å². The molecule has 15 nitrogen and oxygen atoms in total. The van der Waals surface area contributed by atoms with Gasteiger partial charge < -0.3 is 14.5 Å². The number of carbonyl (C=O) groups excluding carboxylic acids is 4. The third kappa shape index (κ3) is 5.53. The number of hydrogen-bond acceptors (Lipinski definition) is 11. The second-order valence-corrected chi connectivity index (χ2v) is 12.6. The maximum absolute atomic E-state index is 13.3. The highest BCUT2D eigenvalue weighted by Crippen LogP contribution is 2.41. The molecule has 5 heterocycles. The average Bonchev–Trinajstić information content (AvgIpc) is 3.64. The number of fused-ring (bicyclic) bond motifs is 1. The highest BCUT2D eigenvalue weighted by Gasteiger charge is 2.45. The van der Waals surface area contributed by atoms with Gasteiger partial charge in [0.25, 0.3) is 11.8 Å². The molecule has 0 saturated carbocycles. The maximum atomic E-state index is 13.3. The van der Waals surface area contributed by atoms with Gasteiger partial charge in [0, 0.05) is 99.6 Å². The van der Waals surface area contributed by atoms with Crippen LogP contribution in [0.1, 0.15) is 46.4 Å². The summed E-state index contributed by atoms with van der Waals surface area (Å²) in [4.78, 5) is 69.7. The molecule has 15 heteroatoms. The summed E-state index contributed by atoms with van der Waals surface area (Å²) < 4.78 is 7.08. The van der Waals surface area contributed by atoms with Crippen LogP contribution in [0.3, 0.4) is 0 Å². The first-order valence-corrected chi connectivity index (χ1v) is 16.1. The monoisotopic (exact) mass is 656 g/mol. The number of imide groups is 2. The molecule has 1 aromatic heterocycles. The molecule has 48 heavy (non-hydrogen) atoms. The Bertz CT molecular complexity index is 1820. The summed E-state index contributed by atoms with van der Waals surface area (Å²) in [5, 5.41) is 18.3. The lowest BCUT2D eigenvalue weighted by molar-refractivity contribution is -0.385. The van der Waals surface area contributed by atoms with E-state index in [-0.39, 0.29) is 35.4 Å². The van der Waals surface area contributed by atoms with Crippen molar-refractivity contribution in [2.75, 3.05) is 56.2 Å². The molecule has 1 atom stereocenters. The fourth-order valence-electron chi connectivity index (χ4n) is 7.39. The Morgan fingerprint density at radius 2 is 1.62 bits per heavy atom. The SMILES string of the molecule is COc1cc(N2CCN(C3CCN(c4ccc5c(c4)C(=O)N(C4CCC(=O)NC4=O)C5=O)CC3)CC2)c(-c2cnn(C)c2)cc1[N+](=O)[O-]. The third-order valence-electron chi connectivity index (χ3n) is 9.93. The lowest BCUT2D eigenvalue weighted by Crippen LogP contribution is -2.54. The number of nitro benzene ring substituents is 1. The summed E-state index contributed by atoms with van der Waals surface area (Å²) in [6.45, 7) is 4.74. The fourth-order valence-corrected chi connectivity index (χ4v) is 7.39. The van der Waals surface area contributed by atoms with E-state index in [0.717, 1.165) is 79.5 Å². The Morgan fingerprint density at radius 1 is 0.896 bits per heavy atom. The van der Waals surface area contributed by atoms with Crippen molar-refractivity contribution in [3.05, 3.63) is 64.0 Å². The van der Waals surface area contributed by atoms with Crippen LogP contribution in [-0.4, -0.2) is 107 Å². The van der Waals surface area contributed by atoms with Crippen molar-refractivity contribution in [3.8, 4) is 16.9 Å². The van der Waals surface area contributed by atoms with Crippen LogP contribution < -0.4 is 19.9 Å². The van der Waals surface area contributed by atoms with Gasteiger partial charge in [0.05, 0.1) is 29.4 Å². The standard InChI is InChI=1S/C33H36N8O7/c1-36-19-20(18-34-36)24-16-28(41(46)47)29(48-2)17-27(24)39-13-11-38(12-14-39)21-7-9-37(10-8-21)22-3-4-23-25(15-22)33(45)40(32(23)44)26-5-6-30(42)35-31(26)43/h3-4,15-19,21,26H,5-14H2,1-2H3,(H,35,42,43). The van der Waals surface area contributed by atoms with Crippen molar-refractivity contribution in [3.63, 3.8) is 0 Å². The average molecular weight is 657 g/mol. The highest BCUT2D eigenvalue weighted by atomic mass is 16.6. The molecule has 250 valence electrons. The molecule has 7 rings (SSSR count). The van der Waals surface area contributed by atoms with Crippen LogP contribution in [0.25, 0.3) is 11.1 Å². The van der Waals surface area contributed by atoms with E-state index in [4.69, 9.17) is 4.74 Å². The Balaban J connectivity index is 0.996. The number of nitrogens with one attached hydrogen (secondary N) is 1. The van der Waals surface area contributed by atoms with E-state index in [9.17, 15) is 29.3 Å². The number of piperidine rings is 2. The number of carbonyl (C=O) groups is 4. The molecule has 0 radical (unpaired) electrons. The third-order valence-corrected chi connectivity index (χ3v) is 9.93. The van der Waals surface area contributed by atoms with Crippen LogP contribution in [0, 0.1) is 10.1 Å². The van der Waals surface area contributed by atoms with E-state index in [2.05, 4.69) is 25.1 Å². The Kier molecular flexibility index (Phi) is 8.07. The molecule has 1 N–H and O–H groups in total. The number of rotatable bonds is 7.